The van der Waals surface area contributed by atoms with E-state index >= 15 is 0 Å². The molecule has 0 fully saturated rings. The molecule has 1 aliphatic heterocycles. The first-order valence-corrected chi connectivity index (χ1v) is 11.4. The van der Waals surface area contributed by atoms with Gasteiger partial charge in [-0.2, -0.15) is 5.10 Å². The van der Waals surface area contributed by atoms with Gasteiger partial charge in [0, 0.05) is 6.42 Å². The average Bonchev–Trinajstić information content (AvgIpc) is 3.52. The predicted octanol–water partition coefficient (Wildman–Crippen LogP) is 5.01. The second-order valence-corrected chi connectivity index (χ2v) is 9.25. The summed E-state index contributed by atoms with van der Waals surface area (Å²) in [4.78, 5) is 19.9. The number of hydrazone groups is 1. The molecule has 1 aliphatic rings. The summed E-state index contributed by atoms with van der Waals surface area (Å²) in [6, 6.07) is 19.9. The molecule has 0 bridgehead atoms. The van der Waals surface area contributed by atoms with Crippen molar-refractivity contribution in [2.75, 3.05) is 13.6 Å². The Morgan fingerprint density at radius 3 is 2.72 bits per heavy atom. The third-order valence-electron chi connectivity index (χ3n) is 5.57. The molecule has 32 heavy (non-hydrogen) atoms. The predicted molar refractivity (Wildman–Crippen MR) is 127 cm³/mol. The van der Waals surface area contributed by atoms with Crippen LogP contribution in [-0.4, -0.2) is 40.1 Å². The summed E-state index contributed by atoms with van der Waals surface area (Å²) in [5.41, 5.74) is 4.12. The number of aryl methyl sites for hydroxylation is 1. The number of para-hydroxylation sites is 1. The van der Waals surface area contributed by atoms with Gasteiger partial charge < -0.3 is 4.42 Å². The number of rotatable bonds is 6. The van der Waals surface area contributed by atoms with Crippen molar-refractivity contribution in [2.45, 2.75) is 25.9 Å². The van der Waals surface area contributed by atoms with Crippen LogP contribution in [0.1, 0.15) is 34.4 Å². The quantitative estimate of drug-likeness (QED) is 0.420. The largest absolute Gasteiger partial charge is 0.467 e. The Morgan fingerprint density at radius 2 is 1.97 bits per heavy atom. The Morgan fingerprint density at radius 1 is 1.16 bits per heavy atom. The van der Waals surface area contributed by atoms with Crippen molar-refractivity contribution in [2.24, 2.45) is 5.10 Å². The lowest BCUT2D eigenvalue weighted by molar-refractivity contribution is -0.134. The van der Waals surface area contributed by atoms with Gasteiger partial charge in [-0.15, -0.1) is 11.3 Å². The summed E-state index contributed by atoms with van der Waals surface area (Å²) < 4.78 is 6.81. The summed E-state index contributed by atoms with van der Waals surface area (Å²) in [5.74, 6) is 0.690. The molecule has 4 aromatic rings. The highest BCUT2D eigenvalue weighted by atomic mass is 32.1. The number of furan rings is 1. The maximum atomic E-state index is 13.3. The van der Waals surface area contributed by atoms with Gasteiger partial charge in [-0.05, 0) is 43.8 Å². The van der Waals surface area contributed by atoms with Crippen LogP contribution in [0.2, 0.25) is 0 Å². The summed E-state index contributed by atoms with van der Waals surface area (Å²) in [6.07, 6.45) is 2.27. The monoisotopic (exact) mass is 444 g/mol. The first-order valence-electron chi connectivity index (χ1n) is 10.6. The molecule has 0 saturated carbocycles. The zero-order valence-electron chi connectivity index (χ0n) is 18.1. The van der Waals surface area contributed by atoms with Crippen LogP contribution in [0.3, 0.4) is 0 Å². The van der Waals surface area contributed by atoms with E-state index in [9.17, 15) is 4.79 Å². The Labute approximate surface area is 190 Å². The maximum Gasteiger partial charge on any atom is 0.257 e. The Bertz CT molecular complexity index is 1230. The van der Waals surface area contributed by atoms with Gasteiger partial charge in [0.2, 0.25) is 0 Å². The van der Waals surface area contributed by atoms with E-state index in [-0.39, 0.29) is 18.5 Å². The maximum absolute atomic E-state index is 13.3. The van der Waals surface area contributed by atoms with E-state index in [2.05, 4.69) is 42.2 Å². The third kappa shape index (κ3) is 4.22. The van der Waals surface area contributed by atoms with E-state index in [1.54, 1.807) is 22.6 Å². The van der Waals surface area contributed by atoms with Gasteiger partial charge in [0.15, 0.2) is 0 Å². The van der Waals surface area contributed by atoms with E-state index in [0.29, 0.717) is 13.0 Å². The first kappa shape index (κ1) is 20.6. The molecular formula is C25H24N4O2S. The van der Waals surface area contributed by atoms with Gasteiger partial charge >= 0.3 is 0 Å². The molecule has 3 heterocycles. The number of amides is 1. The van der Waals surface area contributed by atoms with Crippen LogP contribution in [0.25, 0.3) is 10.2 Å². The van der Waals surface area contributed by atoms with E-state index in [1.165, 1.54) is 5.56 Å². The number of thiazole rings is 1. The van der Waals surface area contributed by atoms with E-state index in [4.69, 9.17) is 9.52 Å². The van der Waals surface area contributed by atoms with E-state index < -0.39 is 0 Å². The van der Waals surface area contributed by atoms with Gasteiger partial charge in [-0.3, -0.25) is 9.69 Å². The number of hydrogen-bond acceptors (Lipinski definition) is 6. The third-order valence-corrected chi connectivity index (χ3v) is 6.59. The molecule has 1 atom stereocenters. The van der Waals surface area contributed by atoms with Crippen LogP contribution in [0.15, 0.2) is 76.4 Å². The van der Waals surface area contributed by atoms with Crippen molar-refractivity contribution in [3.8, 4) is 0 Å². The highest BCUT2D eigenvalue weighted by molar-refractivity contribution is 7.18. The molecule has 0 N–H and O–H groups in total. The smallest absolute Gasteiger partial charge is 0.257 e. The fraction of sp³-hybridized carbons (Fsp3) is 0.240. The fourth-order valence-corrected chi connectivity index (χ4v) is 4.99. The molecule has 2 aromatic heterocycles. The van der Waals surface area contributed by atoms with Crippen molar-refractivity contribution in [1.29, 1.82) is 0 Å². The normalized spacial score (nSPS) is 16.2. The van der Waals surface area contributed by atoms with Gasteiger partial charge in [0.25, 0.3) is 5.91 Å². The van der Waals surface area contributed by atoms with E-state index in [0.717, 1.165) is 32.3 Å². The lowest BCUT2D eigenvalue weighted by atomic mass is 10.0. The number of aromatic nitrogens is 1. The van der Waals surface area contributed by atoms with Crippen molar-refractivity contribution >= 4 is 33.2 Å². The van der Waals surface area contributed by atoms with Crippen LogP contribution in [0.4, 0.5) is 0 Å². The molecule has 0 aliphatic carbocycles. The second kappa shape index (κ2) is 8.68. The summed E-state index contributed by atoms with van der Waals surface area (Å²) in [7, 11) is 1.94. The van der Waals surface area contributed by atoms with Crippen LogP contribution >= 0.6 is 11.3 Å². The average molecular weight is 445 g/mol. The number of carbonyl (C=O) groups is 1. The van der Waals surface area contributed by atoms with Crippen LogP contribution < -0.4 is 0 Å². The van der Waals surface area contributed by atoms with Crippen LogP contribution in [-0.2, 0) is 11.3 Å². The molecule has 0 unspecified atom stereocenters. The van der Waals surface area contributed by atoms with Crippen molar-refractivity contribution in [1.82, 2.24) is 14.9 Å². The first-order chi connectivity index (χ1) is 15.6. The summed E-state index contributed by atoms with van der Waals surface area (Å²) >= 11 is 1.66. The Hall–Kier alpha value is -3.29. The van der Waals surface area contributed by atoms with Crippen molar-refractivity contribution < 1.29 is 9.21 Å². The zero-order chi connectivity index (χ0) is 22.1. The molecule has 6 nitrogen and oxygen atoms in total. The SMILES string of the molecule is Cc1ccc(C2=NN(C(=O)CN(C)Cc3nc4ccccc4s3)[C@H](c3ccco3)C2)cc1. The second-order valence-electron chi connectivity index (χ2n) is 8.13. The van der Waals surface area contributed by atoms with Crippen molar-refractivity contribution in [3.63, 3.8) is 0 Å². The minimum atomic E-state index is -0.232. The lowest BCUT2D eigenvalue weighted by Crippen LogP contribution is -2.36. The molecule has 0 radical (unpaired) electrons. The Balaban J connectivity index is 1.33. The molecule has 5 rings (SSSR count). The lowest BCUT2D eigenvalue weighted by Gasteiger charge is -2.22. The highest BCUT2D eigenvalue weighted by Gasteiger charge is 2.35. The van der Waals surface area contributed by atoms with Gasteiger partial charge in [0.05, 0.1) is 35.3 Å². The molecular weight excluding hydrogens is 420 g/mol. The van der Waals surface area contributed by atoms with Gasteiger partial charge in [-0.25, -0.2) is 9.99 Å². The number of fused-ring (bicyclic) bond motifs is 1. The minimum Gasteiger partial charge on any atom is -0.467 e. The number of nitrogens with zero attached hydrogens (tertiary/aromatic N) is 4. The molecule has 7 heteroatoms. The molecule has 1 amide bonds. The van der Waals surface area contributed by atoms with Crippen LogP contribution in [0, 0.1) is 6.92 Å². The van der Waals surface area contributed by atoms with E-state index in [1.807, 2.05) is 42.3 Å². The van der Waals surface area contributed by atoms with Crippen molar-refractivity contribution in [3.05, 3.63) is 88.8 Å². The summed E-state index contributed by atoms with van der Waals surface area (Å²) in [5, 5.41) is 7.30. The topological polar surface area (TPSA) is 61.9 Å². The Kier molecular flexibility index (Phi) is 5.59. The number of hydrogen-bond donors (Lipinski definition) is 0. The molecule has 0 spiro atoms. The minimum absolute atomic E-state index is 0.0582. The summed E-state index contributed by atoms with van der Waals surface area (Å²) in [6.45, 7) is 2.92. The number of carbonyl (C=O) groups excluding carboxylic acids is 1. The molecule has 2 aromatic carbocycles. The fourth-order valence-electron chi connectivity index (χ4n) is 3.94. The van der Waals surface area contributed by atoms with Gasteiger partial charge in [-0.1, -0.05) is 42.0 Å². The molecule has 0 saturated heterocycles. The number of likely N-dealkylation sites (N-methyl/N-ethyl adjacent to an activating group) is 1. The van der Waals surface area contributed by atoms with Crippen LogP contribution in [0.5, 0.6) is 0 Å². The highest BCUT2D eigenvalue weighted by Crippen LogP contribution is 2.33. The zero-order valence-corrected chi connectivity index (χ0v) is 18.9. The van der Waals surface area contributed by atoms with Gasteiger partial charge in [0.1, 0.15) is 16.8 Å². The number of benzene rings is 2. The standard InChI is InChI=1S/C25H24N4O2S/c1-17-9-11-18(12-10-17)20-14-21(22-7-5-13-31-22)29(27-20)25(30)16-28(2)15-24-26-19-6-3-4-8-23(19)32-24/h3-13,21H,14-16H2,1-2H3/t21-/m0/s1. The molecule has 162 valence electrons.